The topological polar surface area (TPSA) is 23.5 Å². The van der Waals surface area contributed by atoms with Crippen LogP contribution in [-0.2, 0) is 6.54 Å². The highest BCUT2D eigenvalue weighted by molar-refractivity contribution is 9.10. The van der Waals surface area contributed by atoms with E-state index in [4.69, 9.17) is 0 Å². The molecular formula is C14H16BrNOS. The van der Waals surface area contributed by atoms with E-state index < -0.39 is 6.10 Å². The molecule has 0 aliphatic carbocycles. The fourth-order valence-corrected chi connectivity index (χ4v) is 3.27. The van der Waals surface area contributed by atoms with Crippen LogP contribution in [0.15, 0.2) is 40.2 Å². The molecule has 18 heavy (non-hydrogen) atoms. The third kappa shape index (κ3) is 3.13. The van der Waals surface area contributed by atoms with Gasteiger partial charge in [-0.15, -0.1) is 11.3 Å². The Morgan fingerprint density at radius 1 is 1.39 bits per heavy atom. The monoisotopic (exact) mass is 325 g/mol. The lowest BCUT2D eigenvalue weighted by Gasteiger charge is -2.21. The van der Waals surface area contributed by atoms with E-state index in [1.54, 1.807) is 18.3 Å². The van der Waals surface area contributed by atoms with Gasteiger partial charge in [0, 0.05) is 16.4 Å². The van der Waals surface area contributed by atoms with Crippen molar-refractivity contribution in [1.82, 2.24) is 0 Å². The Labute approximate surface area is 120 Å². The van der Waals surface area contributed by atoms with E-state index in [-0.39, 0.29) is 0 Å². The molecule has 96 valence electrons. The first-order valence-corrected chi connectivity index (χ1v) is 7.46. The molecule has 2 nitrogen and oxygen atoms in total. The molecule has 0 saturated carbocycles. The number of nitrogens with zero attached hydrogens (tertiary/aromatic N) is 1. The van der Waals surface area contributed by atoms with Crippen LogP contribution in [0.3, 0.4) is 0 Å². The second kappa shape index (κ2) is 5.87. The van der Waals surface area contributed by atoms with Crippen molar-refractivity contribution in [3.05, 3.63) is 50.6 Å². The van der Waals surface area contributed by atoms with Crippen molar-refractivity contribution < 1.29 is 5.11 Å². The van der Waals surface area contributed by atoms with Gasteiger partial charge in [-0.2, -0.15) is 0 Å². The molecule has 0 saturated heterocycles. The predicted octanol–water partition coefficient (Wildman–Crippen LogP) is 4.20. The number of halogens is 1. The first kappa shape index (κ1) is 13.6. The van der Waals surface area contributed by atoms with E-state index in [9.17, 15) is 5.11 Å². The molecule has 2 aromatic rings. The average Bonchev–Trinajstić information content (AvgIpc) is 2.81. The molecule has 0 aliphatic heterocycles. The van der Waals surface area contributed by atoms with Crippen LogP contribution < -0.4 is 4.90 Å². The maximum absolute atomic E-state index is 9.55. The number of aliphatic hydroxyl groups excluding tert-OH is 1. The Balaban J connectivity index is 2.17. The Morgan fingerprint density at radius 3 is 2.72 bits per heavy atom. The predicted molar refractivity (Wildman–Crippen MR) is 81.2 cm³/mol. The lowest BCUT2D eigenvalue weighted by Crippen LogP contribution is -2.16. The standard InChI is InChI=1S/C14H16BrNOS/c1-10(17)11-5-6-14(13(15)8-11)16(2)9-12-4-3-7-18-12/h3-8,10,17H,9H2,1-2H3/t10-/m0/s1. The maximum atomic E-state index is 9.55. The number of hydrogen-bond donors (Lipinski definition) is 1. The van der Waals surface area contributed by atoms with Gasteiger partial charge in [-0.1, -0.05) is 12.1 Å². The van der Waals surface area contributed by atoms with E-state index in [1.807, 2.05) is 18.2 Å². The SMILES string of the molecule is C[C@H](O)c1ccc(N(C)Cc2cccs2)c(Br)c1. The number of benzene rings is 1. The van der Waals surface area contributed by atoms with Gasteiger partial charge < -0.3 is 10.0 Å². The Kier molecular flexibility index (Phi) is 4.43. The molecule has 0 unspecified atom stereocenters. The summed E-state index contributed by atoms with van der Waals surface area (Å²) < 4.78 is 1.01. The summed E-state index contributed by atoms with van der Waals surface area (Å²) in [6, 6.07) is 10.2. The molecule has 4 heteroatoms. The normalized spacial score (nSPS) is 12.4. The van der Waals surface area contributed by atoms with Crippen molar-refractivity contribution in [3.63, 3.8) is 0 Å². The molecule has 0 fully saturated rings. The third-order valence-electron chi connectivity index (χ3n) is 2.84. The highest BCUT2D eigenvalue weighted by Gasteiger charge is 2.09. The highest BCUT2D eigenvalue weighted by Crippen LogP contribution is 2.30. The van der Waals surface area contributed by atoms with Gasteiger partial charge >= 0.3 is 0 Å². The van der Waals surface area contributed by atoms with E-state index in [0.717, 1.165) is 22.3 Å². The second-order valence-corrected chi connectivity index (χ2v) is 6.21. The van der Waals surface area contributed by atoms with E-state index in [0.29, 0.717) is 0 Å². The van der Waals surface area contributed by atoms with Crippen LogP contribution in [0, 0.1) is 0 Å². The molecule has 1 aromatic heterocycles. The van der Waals surface area contributed by atoms with Crippen LogP contribution in [0.2, 0.25) is 0 Å². The molecule has 1 N–H and O–H groups in total. The van der Waals surface area contributed by atoms with E-state index in [1.165, 1.54) is 4.88 Å². The largest absolute Gasteiger partial charge is 0.389 e. The molecular weight excluding hydrogens is 310 g/mol. The molecule has 0 amide bonds. The maximum Gasteiger partial charge on any atom is 0.0762 e. The van der Waals surface area contributed by atoms with Crippen molar-refractivity contribution in [2.24, 2.45) is 0 Å². The third-order valence-corrected chi connectivity index (χ3v) is 4.33. The highest BCUT2D eigenvalue weighted by atomic mass is 79.9. The summed E-state index contributed by atoms with van der Waals surface area (Å²) in [5.41, 5.74) is 2.06. The zero-order chi connectivity index (χ0) is 13.1. The fourth-order valence-electron chi connectivity index (χ4n) is 1.81. The summed E-state index contributed by atoms with van der Waals surface area (Å²) in [4.78, 5) is 3.53. The Bertz CT molecular complexity index is 511. The van der Waals surface area contributed by atoms with Crippen LogP contribution in [-0.4, -0.2) is 12.2 Å². The van der Waals surface area contributed by atoms with E-state index in [2.05, 4.69) is 45.4 Å². The summed E-state index contributed by atoms with van der Waals surface area (Å²) in [5, 5.41) is 11.6. The minimum absolute atomic E-state index is 0.432. The molecule has 1 aromatic carbocycles. The first-order chi connectivity index (χ1) is 8.58. The van der Waals surface area contributed by atoms with E-state index >= 15 is 0 Å². The fraction of sp³-hybridized carbons (Fsp3) is 0.286. The van der Waals surface area contributed by atoms with Crippen LogP contribution in [0.4, 0.5) is 5.69 Å². The van der Waals surface area contributed by atoms with Gasteiger partial charge in [0.15, 0.2) is 0 Å². The van der Waals surface area contributed by atoms with Gasteiger partial charge in [0.05, 0.1) is 18.3 Å². The average molecular weight is 326 g/mol. The lowest BCUT2D eigenvalue weighted by atomic mass is 10.1. The minimum atomic E-state index is -0.432. The molecule has 0 aliphatic rings. The molecule has 0 bridgehead atoms. The van der Waals surface area contributed by atoms with Crippen molar-refractivity contribution in [2.75, 3.05) is 11.9 Å². The number of aliphatic hydroxyl groups is 1. The molecule has 0 radical (unpaired) electrons. The Hall–Kier alpha value is -0.840. The Morgan fingerprint density at radius 2 is 2.17 bits per heavy atom. The van der Waals surface area contributed by atoms with Gasteiger partial charge in [0.1, 0.15) is 0 Å². The van der Waals surface area contributed by atoms with Crippen molar-refractivity contribution in [2.45, 2.75) is 19.6 Å². The minimum Gasteiger partial charge on any atom is -0.389 e. The van der Waals surface area contributed by atoms with Crippen molar-refractivity contribution in [3.8, 4) is 0 Å². The molecule has 2 rings (SSSR count). The summed E-state index contributed by atoms with van der Waals surface area (Å²) in [5.74, 6) is 0. The zero-order valence-electron chi connectivity index (χ0n) is 10.4. The number of hydrogen-bond acceptors (Lipinski definition) is 3. The van der Waals surface area contributed by atoms with Gasteiger partial charge in [-0.3, -0.25) is 0 Å². The molecule has 0 spiro atoms. The van der Waals surface area contributed by atoms with Gasteiger partial charge in [0.2, 0.25) is 0 Å². The number of thiophene rings is 1. The van der Waals surface area contributed by atoms with Crippen LogP contribution in [0.25, 0.3) is 0 Å². The van der Waals surface area contributed by atoms with Crippen molar-refractivity contribution >= 4 is 33.0 Å². The molecule has 1 atom stereocenters. The van der Waals surface area contributed by atoms with Crippen LogP contribution in [0.5, 0.6) is 0 Å². The van der Waals surface area contributed by atoms with Gasteiger partial charge in [-0.05, 0) is 52.0 Å². The lowest BCUT2D eigenvalue weighted by molar-refractivity contribution is 0.199. The number of rotatable bonds is 4. The summed E-state index contributed by atoms with van der Waals surface area (Å²) >= 11 is 5.33. The zero-order valence-corrected chi connectivity index (χ0v) is 12.8. The van der Waals surface area contributed by atoms with Crippen LogP contribution in [0.1, 0.15) is 23.5 Å². The number of anilines is 1. The van der Waals surface area contributed by atoms with Gasteiger partial charge in [0.25, 0.3) is 0 Å². The van der Waals surface area contributed by atoms with Crippen LogP contribution >= 0.6 is 27.3 Å². The second-order valence-electron chi connectivity index (χ2n) is 4.32. The molecule has 1 heterocycles. The first-order valence-electron chi connectivity index (χ1n) is 5.79. The van der Waals surface area contributed by atoms with Crippen molar-refractivity contribution in [1.29, 1.82) is 0 Å². The van der Waals surface area contributed by atoms with Gasteiger partial charge in [-0.25, -0.2) is 0 Å². The summed E-state index contributed by atoms with van der Waals surface area (Å²) in [6.07, 6.45) is -0.432. The summed E-state index contributed by atoms with van der Waals surface area (Å²) in [6.45, 7) is 2.67. The quantitative estimate of drug-likeness (QED) is 0.910. The smallest absolute Gasteiger partial charge is 0.0762 e. The summed E-state index contributed by atoms with van der Waals surface area (Å²) in [7, 11) is 2.07.